The van der Waals surface area contributed by atoms with E-state index >= 15 is 0 Å². The van der Waals surface area contributed by atoms with Crippen molar-refractivity contribution in [1.29, 1.82) is 5.26 Å². The summed E-state index contributed by atoms with van der Waals surface area (Å²) in [7, 11) is 0. The number of benzene rings is 2. The van der Waals surface area contributed by atoms with Crippen LogP contribution in [0.25, 0.3) is 21.5 Å². The van der Waals surface area contributed by atoms with Gasteiger partial charge in [-0.05, 0) is 22.3 Å². The zero-order valence-electron chi connectivity index (χ0n) is 10.4. The molecule has 0 aromatic heterocycles. The van der Waals surface area contributed by atoms with Crippen molar-refractivity contribution in [2.24, 2.45) is 0 Å². The third kappa shape index (κ3) is 1.48. The Balaban J connectivity index is 2.51. The number of aldehydes is 1. The first-order valence-electron chi connectivity index (χ1n) is 6.02. The lowest BCUT2D eigenvalue weighted by molar-refractivity contribution is 0.112. The second-order valence-corrected chi connectivity index (χ2v) is 4.38. The van der Waals surface area contributed by atoms with Crippen LogP contribution in [0, 0.1) is 17.9 Å². The molecule has 1 aliphatic carbocycles. The summed E-state index contributed by atoms with van der Waals surface area (Å²) in [6.07, 6.45) is 0.808. The number of rotatable bonds is 1. The minimum absolute atomic E-state index is 0.0549. The Morgan fingerprint density at radius 2 is 1.80 bits per heavy atom. The first-order chi connectivity index (χ1) is 9.81. The fourth-order valence-electron chi connectivity index (χ4n) is 2.63. The highest BCUT2D eigenvalue weighted by Crippen LogP contribution is 2.46. The Kier molecular flexibility index (Phi) is 2.67. The molecule has 3 rings (SSSR count). The molecule has 0 fully saturated rings. The third-order valence-corrected chi connectivity index (χ3v) is 3.41. The number of nitrogens with zero attached hydrogens (tertiary/aromatic N) is 2. The van der Waals surface area contributed by atoms with Gasteiger partial charge in [-0.1, -0.05) is 42.5 Å². The summed E-state index contributed by atoms with van der Waals surface area (Å²) in [5.74, 6) is 0. The first kappa shape index (κ1) is 11.9. The molecular weight excluding hydrogens is 248 g/mol. The van der Waals surface area contributed by atoms with Crippen molar-refractivity contribution in [2.45, 2.75) is 0 Å². The van der Waals surface area contributed by atoms with Crippen molar-refractivity contribution in [2.75, 3.05) is 0 Å². The quantitative estimate of drug-likeness (QED) is 0.378. The molecule has 0 atom stereocenters. The molecule has 0 bridgehead atoms. The van der Waals surface area contributed by atoms with Crippen LogP contribution in [-0.2, 0) is 0 Å². The van der Waals surface area contributed by atoms with Crippen LogP contribution in [0.4, 0.5) is 0 Å². The first-order valence-corrected chi connectivity index (χ1v) is 6.02. The number of hydrogen-bond acceptors (Lipinski definition) is 2. The molecule has 0 radical (unpaired) electrons. The van der Waals surface area contributed by atoms with Gasteiger partial charge >= 0.3 is 0 Å². The van der Waals surface area contributed by atoms with E-state index < -0.39 is 0 Å². The summed E-state index contributed by atoms with van der Waals surface area (Å²) in [5.41, 5.74) is 4.58. The van der Waals surface area contributed by atoms with Crippen LogP contribution in [0.5, 0.6) is 0 Å². The van der Waals surface area contributed by atoms with Crippen molar-refractivity contribution in [3.05, 3.63) is 76.3 Å². The van der Waals surface area contributed by atoms with Gasteiger partial charge in [-0.15, -0.1) is 0 Å². The molecule has 3 nitrogen and oxygen atoms in total. The Morgan fingerprint density at radius 3 is 2.45 bits per heavy atom. The van der Waals surface area contributed by atoms with Gasteiger partial charge in [-0.25, -0.2) is 10.1 Å². The molecule has 0 spiro atoms. The second-order valence-electron chi connectivity index (χ2n) is 4.38. The lowest BCUT2D eigenvalue weighted by Gasteiger charge is -2.03. The van der Waals surface area contributed by atoms with Crippen LogP contribution < -0.4 is 0 Å². The standard InChI is InChI=1S/C17H8N2O/c1-19-15(9-18)17-13-7-3-2-6-12(13)16-11(10-20)5-4-8-14(16)17/h2-8,10H/b17-15+. The zero-order valence-corrected chi connectivity index (χ0v) is 10.4. The van der Waals surface area contributed by atoms with E-state index in [9.17, 15) is 10.1 Å². The van der Waals surface area contributed by atoms with Gasteiger partial charge in [0.05, 0.1) is 12.6 Å². The summed E-state index contributed by atoms with van der Waals surface area (Å²) in [6.45, 7) is 7.18. The average molecular weight is 256 g/mol. The van der Waals surface area contributed by atoms with Gasteiger partial charge in [0.1, 0.15) is 0 Å². The number of carbonyl (C=O) groups is 1. The van der Waals surface area contributed by atoms with Gasteiger partial charge in [0.25, 0.3) is 5.70 Å². The number of nitriles is 1. The van der Waals surface area contributed by atoms with Crippen molar-refractivity contribution >= 4 is 11.9 Å². The maximum Gasteiger partial charge on any atom is 0.270 e. The van der Waals surface area contributed by atoms with E-state index in [2.05, 4.69) is 4.85 Å². The second kappa shape index (κ2) is 4.50. The predicted octanol–water partition coefficient (Wildman–Crippen LogP) is 3.68. The van der Waals surface area contributed by atoms with Crippen LogP contribution in [0.1, 0.15) is 21.5 Å². The van der Waals surface area contributed by atoms with E-state index in [-0.39, 0.29) is 5.70 Å². The van der Waals surface area contributed by atoms with Gasteiger partial charge in [0.15, 0.2) is 6.29 Å². The molecule has 92 valence electrons. The largest absolute Gasteiger partial charge is 0.298 e. The Morgan fingerprint density at radius 1 is 1.10 bits per heavy atom. The minimum atomic E-state index is 0.0549. The monoisotopic (exact) mass is 256 g/mol. The van der Waals surface area contributed by atoms with Gasteiger partial charge in [0, 0.05) is 11.1 Å². The fraction of sp³-hybridized carbons (Fsp3) is 0. The van der Waals surface area contributed by atoms with Gasteiger partial charge in [-0.2, -0.15) is 0 Å². The molecular formula is C17H8N2O. The maximum absolute atomic E-state index is 11.3. The van der Waals surface area contributed by atoms with Crippen LogP contribution in [0.2, 0.25) is 0 Å². The molecule has 2 aromatic rings. The summed E-state index contributed by atoms with van der Waals surface area (Å²) in [6, 6.07) is 14.9. The number of carbonyl (C=O) groups excluding carboxylic acids is 1. The Bertz CT molecular complexity index is 832. The molecule has 1 aliphatic rings. The van der Waals surface area contributed by atoms with E-state index in [1.165, 1.54) is 0 Å². The molecule has 0 amide bonds. The van der Waals surface area contributed by atoms with Crippen molar-refractivity contribution < 1.29 is 4.79 Å². The smallest absolute Gasteiger partial charge is 0.270 e. The van der Waals surface area contributed by atoms with Gasteiger partial charge < -0.3 is 0 Å². The number of fused-ring (bicyclic) bond motifs is 3. The van der Waals surface area contributed by atoms with Crippen LogP contribution in [-0.4, -0.2) is 6.29 Å². The summed E-state index contributed by atoms with van der Waals surface area (Å²) in [5, 5.41) is 9.17. The topological polar surface area (TPSA) is 45.2 Å². The van der Waals surface area contributed by atoms with E-state index in [4.69, 9.17) is 6.57 Å². The van der Waals surface area contributed by atoms with Crippen molar-refractivity contribution in [1.82, 2.24) is 0 Å². The molecule has 3 heteroatoms. The summed E-state index contributed by atoms with van der Waals surface area (Å²) >= 11 is 0. The normalized spacial score (nSPS) is 13.7. The molecule has 20 heavy (non-hydrogen) atoms. The van der Waals surface area contributed by atoms with Gasteiger partial charge in [-0.3, -0.25) is 4.79 Å². The van der Waals surface area contributed by atoms with Crippen LogP contribution >= 0.6 is 0 Å². The average Bonchev–Trinajstić information content (AvgIpc) is 2.84. The lowest BCUT2D eigenvalue weighted by Crippen LogP contribution is -1.88. The molecule has 0 heterocycles. The van der Waals surface area contributed by atoms with Crippen LogP contribution in [0.15, 0.2) is 48.2 Å². The molecule has 0 aliphatic heterocycles. The van der Waals surface area contributed by atoms with Crippen molar-refractivity contribution in [3.8, 4) is 17.2 Å². The van der Waals surface area contributed by atoms with Crippen LogP contribution in [0.3, 0.4) is 0 Å². The summed E-state index contributed by atoms with van der Waals surface area (Å²) in [4.78, 5) is 14.6. The molecule has 0 saturated carbocycles. The lowest BCUT2D eigenvalue weighted by atomic mass is 9.99. The van der Waals surface area contributed by atoms with E-state index in [0.29, 0.717) is 11.1 Å². The number of allylic oxidation sites excluding steroid dienone is 1. The van der Waals surface area contributed by atoms with E-state index in [0.717, 1.165) is 28.5 Å². The molecule has 0 N–H and O–H groups in total. The fourth-order valence-corrected chi connectivity index (χ4v) is 2.63. The van der Waals surface area contributed by atoms with Crippen molar-refractivity contribution in [3.63, 3.8) is 0 Å². The third-order valence-electron chi connectivity index (χ3n) is 3.41. The highest BCUT2D eigenvalue weighted by Gasteiger charge is 2.27. The molecule has 0 saturated heterocycles. The van der Waals surface area contributed by atoms with E-state index in [1.54, 1.807) is 12.1 Å². The number of hydrogen-bond donors (Lipinski definition) is 0. The Hall–Kier alpha value is -3.17. The highest BCUT2D eigenvalue weighted by atomic mass is 16.1. The SMILES string of the molecule is [C-]#[N+]/C(C#N)=C1\c2ccccc2-c2c(C=O)cccc21. The predicted molar refractivity (Wildman–Crippen MR) is 75.5 cm³/mol. The molecule has 0 unspecified atom stereocenters. The summed E-state index contributed by atoms with van der Waals surface area (Å²) < 4.78 is 0. The highest BCUT2D eigenvalue weighted by molar-refractivity contribution is 6.07. The van der Waals surface area contributed by atoms with Gasteiger partial charge in [0.2, 0.25) is 0 Å². The minimum Gasteiger partial charge on any atom is -0.298 e. The maximum atomic E-state index is 11.3. The zero-order chi connectivity index (χ0) is 14.1. The molecule has 2 aromatic carbocycles. The Labute approximate surface area is 116 Å². The van der Waals surface area contributed by atoms with E-state index in [1.807, 2.05) is 36.4 Å².